The predicted molar refractivity (Wildman–Crippen MR) is 113 cm³/mol. The van der Waals surface area contributed by atoms with Crippen molar-refractivity contribution in [3.05, 3.63) is 75.7 Å². The van der Waals surface area contributed by atoms with Crippen molar-refractivity contribution in [2.45, 2.75) is 6.54 Å². The van der Waals surface area contributed by atoms with Crippen molar-refractivity contribution in [1.82, 2.24) is 14.8 Å². The minimum atomic E-state index is 0.126. The van der Waals surface area contributed by atoms with Crippen molar-refractivity contribution in [2.75, 3.05) is 26.2 Å². The van der Waals surface area contributed by atoms with Crippen LogP contribution in [0.5, 0.6) is 0 Å². The predicted octanol–water partition coefficient (Wildman–Crippen LogP) is 4.53. The van der Waals surface area contributed by atoms with Crippen LogP contribution in [-0.4, -0.2) is 46.9 Å². The van der Waals surface area contributed by atoms with Crippen molar-refractivity contribution in [2.24, 2.45) is 0 Å². The zero-order valence-corrected chi connectivity index (χ0v) is 17.2. The number of carbonyl (C=O) groups excluding carboxylic acids is 1. The Morgan fingerprint density at radius 3 is 2.56 bits per heavy atom. The van der Waals surface area contributed by atoms with Gasteiger partial charge in [-0.3, -0.25) is 9.69 Å². The third kappa shape index (κ3) is 4.46. The van der Waals surface area contributed by atoms with Crippen LogP contribution < -0.4 is 0 Å². The van der Waals surface area contributed by atoms with Crippen molar-refractivity contribution in [3.63, 3.8) is 0 Å². The first-order valence-corrected chi connectivity index (χ1v) is 10.6. The summed E-state index contributed by atoms with van der Waals surface area (Å²) in [4.78, 5) is 21.7. The first-order valence-electron chi connectivity index (χ1n) is 8.96. The minimum Gasteiger partial charge on any atom is -0.336 e. The maximum Gasteiger partial charge on any atom is 0.253 e. The Kier molecular flexibility index (Phi) is 5.66. The fraction of sp³-hybridized carbons (Fsp3) is 0.238. The monoisotopic (exact) mass is 441 g/mol. The Morgan fingerprint density at radius 2 is 1.81 bits per heavy atom. The largest absolute Gasteiger partial charge is 0.336 e. The van der Waals surface area contributed by atoms with Gasteiger partial charge in [0.15, 0.2) is 0 Å². The van der Waals surface area contributed by atoms with E-state index in [0.717, 1.165) is 59.0 Å². The van der Waals surface area contributed by atoms with Crippen LogP contribution in [0.4, 0.5) is 0 Å². The highest BCUT2D eigenvalue weighted by atomic mass is 79.9. The lowest BCUT2D eigenvalue weighted by Crippen LogP contribution is -2.48. The Balaban J connectivity index is 1.34. The summed E-state index contributed by atoms with van der Waals surface area (Å²) in [6.07, 6.45) is 0. The lowest BCUT2D eigenvalue weighted by molar-refractivity contribution is 0.0627. The van der Waals surface area contributed by atoms with Gasteiger partial charge >= 0.3 is 0 Å². The molecule has 3 aromatic rings. The number of hydrogen-bond donors (Lipinski definition) is 0. The molecule has 0 aliphatic carbocycles. The third-order valence-electron chi connectivity index (χ3n) is 4.69. The number of hydrogen-bond acceptors (Lipinski definition) is 4. The first-order chi connectivity index (χ1) is 13.2. The smallest absolute Gasteiger partial charge is 0.253 e. The number of halogens is 1. The molecule has 0 unspecified atom stereocenters. The van der Waals surface area contributed by atoms with Crippen LogP contribution in [-0.2, 0) is 6.54 Å². The highest BCUT2D eigenvalue weighted by Gasteiger charge is 2.22. The van der Waals surface area contributed by atoms with Gasteiger partial charge in [0, 0.05) is 53.7 Å². The van der Waals surface area contributed by atoms with Crippen molar-refractivity contribution >= 4 is 33.2 Å². The van der Waals surface area contributed by atoms with Gasteiger partial charge in [-0.15, -0.1) is 11.3 Å². The molecule has 2 heterocycles. The Hall–Kier alpha value is -2.02. The molecule has 1 amide bonds. The van der Waals surface area contributed by atoms with Crippen LogP contribution in [0.1, 0.15) is 16.1 Å². The van der Waals surface area contributed by atoms with E-state index in [2.05, 4.69) is 38.3 Å². The summed E-state index contributed by atoms with van der Waals surface area (Å²) in [6.45, 7) is 4.11. The zero-order chi connectivity index (χ0) is 18.6. The summed E-state index contributed by atoms with van der Waals surface area (Å²) in [6, 6.07) is 17.8. The van der Waals surface area contributed by atoms with Crippen LogP contribution in [0.2, 0.25) is 0 Å². The third-order valence-corrected chi connectivity index (χ3v) is 6.12. The van der Waals surface area contributed by atoms with Crippen molar-refractivity contribution in [1.29, 1.82) is 0 Å². The fourth-order valence-electron chi connectivity index (χ4n) is 3.24. The van der Waals surface area contributed by atoms with E-state index in [1.807, 2.05) is 47.4 Å². The zero-order valence-electron chi connectivity index (χ0n) is 14.8. The Bertz CT molecular complexity index is 920. The summed E-state index contributed by atoms with van der Waals surface area (Å²) >= 11 is 5.20. The van der Waals surface area contributed by atoms with Gasteiger partial charge < -0.3 is 4.90 Å². The summed E-state index contributed by atoms with van der Waals surface area (Å²) in [5.74, 6) is 0.126. The average molecular weight is 442 g/mol. The van der Waals surface area contributed by atoms with Gasteiger partial charge in [0.2, 0.25) is 0 Å². The van der Waals surface area contributed by atoms with E-state index in [-0.39, 0.29) is 5.91 Å². The molecule has 138 valence electrons. The molecule has 0 radical (unpaired) electrons. The molecule has 1 fully saturated rings. The molecule has 4 rings (SSSR count). The Labute approximate surface area is 171 Å². The number of thiazole rings is 1. The number of amides is 1. The molecule has 0 N–H and O–H groups in total. The summed E-state index contributed by atoms with van der Waals surface area (Å²) in [5.41, 5.74) is 3.00. The maximum atomic E-state index is 12.5. The molecule has 1 saturated heterocycles. The normalized spacial score (nSPS) is 15.1. The van der Waals surface area contributed by atoms with E-state index < -0.39 is 0 Å². The van der Waals surface area contributed by atoms with E-state index in [9.17, 15) is 4.79 Å². The van der Waals surface area contributed by atoms with E-state index in [1.165, 1.54) is 0 Å². The van der Waals surface area contributed by atoms with Gasteiger partial charge in [0.25, 0.3) is 5.91 Å². The van der Waals surface area contributed by atoms with E-state index in [1.54, 1.807) is 11.3 Å². The summed E-state index contributed by atoms with van der Waals surface area (Å²) in [5, 5.41) is 3.18. The number of nitrogens with zero attached hydrogens (tertiary/aromatic N) is 3. The lowest BCUT2D eigenvalue weighted by Gasteiger charge is -2.34. The minimum absolute atomic E-state index is 0.126. The number of rotatable bonds is 4. The number of benzene rings is 2. The molecule has 6 heteroatoms. The molecule has 1 aliphatic rings. The molecule has 2 aromatic carbocycles. The summed E-state index contributed by atoms with van der Waals surface area (Å²) < 4.78 is 1.07. The maximum absolute atomic E-state index is 12.5. The topological polar surface area (TPSA) is 36.4 Å². The van der Waals surface area contributed by atoms with Gasteiger partial charge in [-0.05, 0) is 24.3 Å². The standard InChI is InChI=1S/C21H20BrN3OS/c22-18-8-4-7-17(13-18)20-23-19(15-27-20)14-24-9-11-25(12-10-24)21(26)16-5-2-1-3-6-16/h1-8,13,15H,9-12,14H2. The SMILES string of the molecule is O=C(c1ccccc1)N1CCN(Cc2csc(-c3cccc(Br)c3)n2)CC1. The van der Waals surface area contributed by atoms with E-state index in [4.69, 9.17) is 4.98 Å². The van der Waals surface area contributed by atoms with Crippen LogP contribution in [0.15, 0.2) is 64.5 Å². The van der Waals surface area contributed by atoms with E-state index in [0.29, 0.717) is 0 Å². The van der Waals surface area contributed by atoms with Crippen LogP contribution in [0.25, 0.3) is 10.6 Å². The first kappa shape index (κ1) is 18.3. The quantitative estimate of drug-likeness (QED) is 0.596. The number of aromatic nitrogens is 1. The lowest BCUT2D eigenvalue weighted by atomic mass is 10.2. The fourth-order valence-corrected chi connectivity index (χ4v) is 4.44. The van der Waals surface area contributed by atoms with Crippen LogP contribution in [0.3, 0.4) is 0 Å². The van der Waals surface area contributed by atoms with Gasteiger partial charge in [-0.1, -0.05) is 46.3 Å². The average Bonchev–Trinajstić information content (AvgIpc) is 3.17. The van der Waals surface area contributed by atoms with Crippen molar-refractivity contribution in [3.8, 4) is 10.6 Å². The van der Waals surface area contributed by atoms with Gasteiger partial charge in [-0.2, -0.15) is 0 Å². The highest BCUT2D eigenvalue weighted by Crippen LogP contribution is 2.26. The van der Waals surface area contributed by atoms with Gasteiger partial charge in [0.1, 0.15) is 5.01 Å². The molecular formula is C21H20BrN3OS. The van der Waals surface area contributed by atoms with Gasteiger partial charge in [0.05, 0.1) is 5.69 Å². The number of piperazine rings is 1. The molecular weight excluding hydrogens is 422 g/mol. The molecule has 1 aromatic heterocycles. The molecule has 0 spiro atoms. The molecule has 0 atom stereocenters. The van der Waals surface area contributed by atoms with Crippen molar-refractivity contribution < 1.29 is 4.79 Å². The van der Waals surface area contributed by atoms with Crippen LogP contribution in [0, 0.1) is 0 Å². The molecule has 1 aliphatic heterocycles. The second kappa shape index (κ2) is 8.33. The number of carbonyl (C=O) groups is 1. The second-order valence-corrected chi connectivity index (χ2v) is 8.36. The molecule has 0 bridgehead atoms. The van der Waals surface area contributed by atoms with Crippen LogP contribution >= 0.6 is 27.3 Å². The van der Waals surface area contributed by atoms with Gasteiger partial charge in [-0.25, -0.2) is 4.98 Å². The molecule has 4 nitrogen and oxygen atoms in total. The summed E-state index contributed by atoms with van der Waals surface area (Å²) in [7, 11) is 0. The Morgan fingerprint density at radius 1 is 1.04 bits per heavy atom. The highest BCUT2D eigenvalue weighted by molar-refractivity contribution is 9.10. The second-order valence-electron chi connectivity index (χ2n) is 6.59. The molecule has 0 saturated carbocycles. The molecule has 27 heavy (non-hydrogen) atoms. The van der Waals surface area contributed by atoms with E-state index >= 15 is 0 Å².